The molecule has 2 rings (SSSR count). The molecule has 0 fully saturated rings. The lowest BCUT2D eigenvalue weighted by molar-refractivity contribution is 0.556. The van der Waals surface area contributed by atoms with E-state index in [-0.39, 0.29) is 11.4 Å². The molecule has 0 aromatic heterocycles. The van der Waals surface area contributed by atoms with Crippen molar-refractivity contribution in [1.29, 1.82) is 0 Å². The molecule has 0 saturated carbocycles. The molecular weight excluding hydrogens is 413 g/mol. The highest BCUT2D eigenvalue weighted by Crippen LogP contribution is 2.19. The Balaban J connectivity index is 2.19. The molecule has 7 heteroatoms. The fourth-order valence-electron chi connectivity index (χ4n) is 1.60. The van der Waals surface area contributed by atoms with Crippen LogP contribution in [0.15, 0.2) is 56.3 Å². The SMILES string of the molecule is O=S(=O)(NCc1cccc(Br)c1)c1ccc(Br)cc1F. The lowest BCUT2D eigenvalue weighted by atomic mass is 10.2. The Morgan fingerprint density at radius 2 is 1.75 bits per heavy atom. The Labute approximate surface area is 133 Å². The quantitative estimate of drug-likeness (QED) is 0.813. The first-order valence-electron chi connectivity index (χ1n) is 5.58. The van der Waals surface area contributed by atoms with Crippen molar-refractivity contribution in [3.63, 3.8) is 0 Å². The molecule has 0 amide bonds. The summed E-state index contributed by atoms with van der Waals surface area (Å²) in [6.07, 6.45) is 0. The van der Waals surface area contributed by atoms with E-state index in [0.29, 0.717) is 4.47 Å². The maximum atomic E-state index is 13.7. The Morgan fingerprint density at radius 1 is 1.05 bits per heavy atom. The topological polar surface area (TPSA) is 46.2 Å². The average Bonchev–Trinajstić information content (AvgIpc) is 2.36. The second kappa shape index (κ2) is 6.34. The molecule has 0 aliphatic carbocycles. The minimum absolute atomic E-state index is 0.0945. The van der Waals surface area contributed by atoms with E-state index in [1.807, 2.05) is 6.07 Å². The largest absolute Gasteiger partial charge is 0.243 e. The number of rotatable bonds is 4. The third-order valence-electron chi connectivity index (χ3n) is 2.54. The number of nitrogens with one attached hydrogen (secondary N) is 1. The molecule has 0 atom stereocenters. The summed E-state index contributed by atoms with van der Waals surface area (Å²) in [6, 6.07) is 11.0. The number of sulfonamides is 1. The highest BCUT2D eigenvalue weighted by molar-refractivity contribution is 9.10. The second-order valence-corrected chi connectivity index (χ2v) is 7.60. The van der Waals surface area contributed by atoms with Gasteiger partial charge in [-0.3, -0.25) is 0 Å². The monoisotopic (exact) mass is 421 g/mol. The summed E-state index contributed by atoms with van der Waals surface area (Å²) >= 11 is 6.39. The third kappa shape index (κ3) is 3.88. The molecule has 0 aliphatic rings. The van der Waals surface area contributed by atoms with Gasteiger partial charge in [-0.2, -0.15) is 0 Å². The maximum absolute atomic E-state index is 13.7. The van der Waals surface area contributed by atoms with Gasteiger partial charge in [0.05, 0.1) is 0 Å². The molecule has 2 aromatic rings. The summed E-state index contributed by atoms with van der Waals surface area (Å²) in [6.45, 7) is 0.0945. The van der Waals surface area contributed by atoms with Gasteiger partial charge in [0.15, 0.2) is 0 Å². The zero-order valence-corrected chi connectivity index (χ0v) is 14.1. The maximum Gasteiger partial charge on any atom is 0.243 e. The zero-order valence-electron chi connectivity index (χ0n) is 10.1. The zero-order chi connectivity index (χ0) is 14.8. The molecule has 0 aliphatic heterocycles. The standard InChI is InChI=1S/C13H10Br2FNO2S/c14-10-3-1-2-9(6-10)8-17-20(18,19)13-5-4-11(15)7-12(13)16/h1-7,17H,8H2. The Kier molecular flexibility index (Phi) is 4.95. The van der Waals surface area contributed by atoms with Crippen LogP contribution in [-0.4, -0.2) is 8.42 Å². The summed E-state index contributed by atoms with van der Waals surface area (Å²) < 4.78 is 41.5. The molecule has 2 aromatic carbocycles. The summed E-state index contributed by atoms with van der Waals surface area (Å²) in [5.41, 5.74) is 0.778. The molecule has 1 N–H and O–H groups in total. The molecule has 0 saturated heterocycles. The predicted octanol–water partition coefficient (Wildman–Crippen LogP) is 3.83. The van der Waals surface area contributed by atoms with E-state index < -0.39 is 15.8 Å². The summed E-state index contributed by atoms with van der Waals surface area (Å²) in [7, 11) is -3.88. The predicted molar refractivity (Wildman–Crippen MR) is 82.3 cm³/mol. The smallest absolute Gasteiger partial charge is 0.207 e. The van der Waals surface area contributed by atoms with Crippen molar-refractivity contribution in [1.82, 2.24) is 4.72 Å². The van der Waals surface area contributed by atoms with E-state index in [4.69, 9.17) is 0 Å². The van der Waals surface area contributed by atoms with Crippen molar-refractivity contribution >= 4 is 41.9 Å². The van der Waals surface area contributed by atoms with Gasteiger partial charge in [0, 0.05) is 15.5 Å². The Bertz CT molecular complexity index is 735. The Morgan fingerprint density at radius 3 is 2.40 bits per heavy atom. The van der Waals surface area contributed by atoms with Crippen LogP contribution in [-0.2, 0) is 16.6 Å². The number of hydrogen-bond donors (Lipinski definition) is 1. The summed E-state index contributed by atoms with van der Waals surface area (Å²) in [5.74, 6) is -0.791. The minimum Gasteiger partial charge on any atom is -0.207 e. The van der Waals surface area contributed by atoms with Crippen LogP contribution in [0.5, 0.6) is 0 Å². The van der Waals surface area contributed by atoms with Crippen molar-refractivity contribution in [3.05, 3.63) is 62.8 Å². The van der Waals surface area contributed by atoms with Crippen LogP contribution in [0, 0.1) is 5.82 Å². The van der Waals surface area contributed by atoms with Gasteiger partial charge in [-0.25, -0.2) is 17.5 Å². The number of halogens is 3. The van der Waals surface area contributed by atoms with Crippen molar-refractivity contribution in [2.45, 2.75) is 11.4 Å². The van der Waals surface area contributed by atoms with Crippen LogP contribution >= 0.6 is 31.9 Å². The van der Waals surface area contributed by atoms with Gasteiger partial charge < -0.3 is 0 Å². The number of benzene rings is 2. The molecule has 3 nitrogen and oxygen atoms in total. The third-order valence-corrected chi connectivity index (χ3v) is 4.96. The van der Waals surface area contributed by atoms with Crippen molar-refractivity contribution in [2.75, 3.05) is 0 Å². The van der Waals surface area contributed by atoms with Gasteiger partial charge in [0.2, 0.25) is 10.0 Å². The molecular formula is C13H10Br2FNO2S. The van der Waals surface area contributed by atoms with E-state index >= 15 is 0 Å². The van der Waals surface area contributed by atoms with Crippen LogP contribution in [0.4, 0.5) is 4.39 Å². The van der Waals surface area contributed by atoms with Crippen molar-refractivity contribution in [3.8, 4) is 0 Å². The lowest BCUT2D eigenvalue weighted by Gasteiger charge is -2.08. The van der Waals surface area contributed by atoms with Gasteiger partial charge in [-0.15, -0.1) is 0 Å². The molecule has 0 unspecified atom stereocenters. The fourth-order valence-corrected chi connectivity index (χ4v) is 3.45. The summed E-state index contributed by atoms with van der Waals surface area (Å²) in [4.78, 5) is -0.365. The van der Waals surface area contributed by atoms with Crippen LogP contribution in [0.1, 0.15) is 5.56 Å². The van der Waals surface area contributed by atoms with Crippen molar-refractivity contribution < 1.29 is 12.8 Å². The van der Waals surface area contributed by atoms with Crippen molar-refractivity contribution in [2.24, 2.45) is 0 Å². The molecule has 106 valence electrons. The lowest BCUT2D eigenvalue weighted by Crippen LogP contribution is -2.24. The van der Waals surface area contributed by atoms with E-state index in [9.17, 15) is 12.8 Å². The van der Waals surface area contributed by atoms with Crippen LogP contribution in [0.25, 0.3) is 0 Å². The molecule has 0 radical (unpaired) electrons. The fraction of sp³-hybridized carbons (Fsp3) is 0.0769. The average molecular weight is 423 g/mol. The highest BCUT2D eigenvalue weighted by Gasteiger charge is 2.18. The van der Waals surface area contributed by atoms with Crippen LogP contribution in [0.2, 0.25) is 0 Å². The molecule has 0 bridgehead atoms. The van der Waals surface area contributed by atoms with E-state index in [0.717, 1.165) is 16.1 Å². The first-order chi connectivity index (χ1) is 9.38. The summed E-state index contributed by atoms with van der Waals surface area (Å²) in [5, 5.41) is 0. The molecule has 0 spiro atoms. The Hall–Kier alpha value is -0.760. The van der Waals surface area contributed by atoms with E-state index in [1.54, 1.807) is 18.2 Å². The van der Waals surface area contributed by atoms with E-state index in [2.05, 4.69) is 36.6 Å². The van der Waals surface area contributed by atoms with Crippen LogP contribution < -0.4 is 4.72 Å². The second-order valence-electron chi connectivity index (χ2n) is 4.03. The molecule has 0 heterocycles. The van der Waals surface area contributed by atoms with Gasteiger partial charge in [-0.05, 0) is 35.9 Å². The first kappa shape index (κ1) is 15.6. The molecule has 20 heavy (non-hydrogen) atoms. The van der Waals surface area contributed by atoms with Gasteiger partial charge in [-0.1, -0.05) is 44.0 Å². The minimum atomic E-state index is -3.88. The van der Waals surface area contributed by atoms with Gasteiger partial charge >= 0.3 is 0 Å². The normalized spacial score (nSPS) is 11.6. The number of hydrogen-bond acceptors (Lipinski definition) is 2. The highest BCUT2D eigenvalue weighted by atomic mass is 79.9. The first-order valence-corrected chi connectivity index (χ1v) is 8.64. The van der Waals surface area contributed by atoms with E-state index in [1.165, 1.54) is 12.1 Å². The van der Waals surface area contributed by atoms with Crippen LogP contribution in [0.3, 0.4) is 0 Å². The van der Waals surface area contributed by atoms with Gasteiger partial charge in [0.1, 0.15) is 10.7 Å². The van der Waals surface area contributed by atoms with Gasteiger partial charge in [0.25, 0.3) is 0 Å².